The quantitative estimate of drug-likeness (QED) is 0.343. The van der Waals surface area contributed by atoms with Gasteiger partial charge in [-0.3, -0.25) is 4.99 Å². The highest BCUT2D eigenvalue weighted by atomic mass is 127. The van der Waals surface area contributed by atoms with Crippen molar-refractivity contribution in [1.29, 1.82) is 0 Å². The van der Waals surface area contributed by atoms with E-state index in [0.29, 0.717) is 18.4 Å². The number of rotatable bonds is 7. The highest BCUT2D eigenvalue weighted by molar-refractivity contribution is 14.0. The fourth-order valence-electron chi connectivity index (χ4n) is 4.23. The fourth-order valence-corrected chi connectivity index (χ4v) is 4.23. The lowest BCUT2D eigenvalue weighted by Gasteiger charge is -2.29. The molecule has 1 fully saturated rings. The number of benzene rings is 2. The molecule has 5 heteroatoms. The molecule has 4 nitrogen and oxygen atoms in total. The van der Waals surface area contributed by atoms with E-state index in [2.05, 4.69) is 65.7 Å². The molecule has 1 aliphatic carbocycles. The highest BCUT2D eigenvalue weighted by Gasteiger charge is 2.27. The number of nitrogens with one attached hydrogen (secondary N) is 1. The van der Waals surface area contributed by atoms with Crippen molar-refractivity contribution < 1.29 is 4.74 Å². The Kier molecular flexibility index (Phi) is 8.36. The summed E-state index contributed by atoms with van der Waals surface area (Å²) < 4.78 is 5.97. The summed E-state index contributed by atoms with van der Waals surface area (Å²) in [5.41, 5.74) is 4.22. The number of nitrogens with zero attached hydrogens (tertiary/aromatic N) is 2. The average molecular weight is 505 g/mol. The molecule has 1 saturated heterocycles. The molecule has 2 aliphatic rings. The summed E-state index contributed by atoms with van der Waals surface area (Å²) in [6, 6.07) is 19.2. The van der Waals surface area contributed by atoms with Gasteiger partial charge in [-0.25, -0.2) is 0 Å². The molecule has 1 aliphatic heterocycles. The van der Waals surface area contributed by atoms with Gasteiger partial charge in [0.2, 0.25) is 0 Å². The molecule has 0 radical (unpaired) electrons. The molecule has 0 spiro atoms. The average Bonchev–Trinajstić information content (AvgIpc) is 3.17. The maximum Gasteiger partial charge on any atom is 0.193 e. The lowest BCUT2D eigenvalue weighted by molar-refractivity contribution is 0.0906. The maximum absolute atomic E-state index is 5.97. The van der Waals surface area contributed by atoms with Crippen molar-refractivity contribution in [1.82, 2.24) is 10.2 Å². The van der Waals surface area contributed by atoms with Crippen LogP contribution in [0, 0.1) is 5.92 Å². The Labute approximate surface area is 191 Å². The Morgan fingerprint density at radius 2 is 1.93 bits per heavy atom. The molecule has 2 unspecified atom stereocenters. The lowest BCUT2D eigenvalue weighted by atomic mass is 9.78. The molecule has 1 heterocycles. The summed E-state index contributed by atoms with van der Waals surface area (Å²) in [5, 5.41) is 3.49. The second-order valence-corrected chi connectivity index (χ2v) is 7.90. The Balaban J connectivity index is 0.00000240. The maximum atomic E-state index is 5.97. The van der Waals surface area contributed by atoms with E-state index in [0.717, 1.165) is 45.2 Å². The van der Waals surface area contributed by atoms with E-state index >= 15 is 0 Å². The van der Waals surface area contributed by atoms with Crippen molar-refractivity contribution >= 4 is 29.9 Å². The van der Waals surface area contributed by atoms with E-state index in [1.54, 1.807) is 0 Å². The third-order valence-corrected chi connectivity index (χ3v) is 5.81. The van der Waals surface area contributed by atoms with Crippen LogP contribution >= 0.6 is 24.0 Å². The van der Waals surface area contributed by atoms with E-state index in [1.165, 1.54) is 23.1 Å². The number of hydrogen-bond donors (Lipinski definition) is 1. The zero-order valence-corrected chi connectivity index (χ0v) is 19.5. The lowest BCUT2D eigenvalue weighted by Crippen LogP contribution is -2.40. The molecule has 0 bridgehead atoms. The smallest absolute Gasteiger partial charge is 0.193 e. The monoisotopic (exact) mass is 505 g/mol. The van der Waals surface area contributed by atoms with Gasteiger partial charge in [0, 0.05) is 38.0 Å². The van der Waals surface area contributed by atoms with Gasteiger partial charge >= 0.3 is 0 Å². The van der Waals surface area contributed by atoms with Crippen LogP contribution in [-0.4, -0.2) is 43.6 Å². The largest absolute Gasteiger partial charge is 0.376 e. The zero-order chi connectivity index (χ0) is 19.2. The van der Waals surface area contributed by atoms with Gasteiger partial charge in [0.25, 0.3) is 0 Å². The Bertz CT molecular complexity index is 796. The van der Waals surface area contributed by atoms with Crippen molar-refractivity contribution in [2.24, 2.45) is 10.9 Å². The number of fused-ring (bicyclic) bond motifs is 1. The summed E-state index contributed by atoms with van der Waals surface area (Å²) in [6.07, 6.45) is 2.33. The van der Waals surface area contributed by atoms with E-state index in [4.69, 9.17) is 9.73 Å². The van der Waals surface area contributed by atoms with Crippen LogP contribution in [-0.2, 0) is 17.8 Å². The Morgan fingerprint density at radius 3 is 2.72 bits per heavy atom. The van der Waals surface area contributed by atoms with Gasteiger partial charge in [-0.05, 0) is 36.5 Å². The first-order chi connectivity index (χ1) is 13.8. The minimum Gasteiger partial charge on any atom is -0.376 e. The number of halogens is 1. The van der Waals surface area contributed by atoms with Gasteiger partial charge in [0.1, 0.15) is 0 Å². The SMILES string of the molecule is CCNC(=NCC1Cc2ccccc21)N1CCC(COCc2ccccc2)C1.I. The number of likely N-dealkylation sites (tertiary alicyclic amines) is 1. The minimum absolute atomic E-state index is 0. The van der Waals surface area contributed by atoms with Gasteiger partial charge in [0.05, 0.1) is 13.2 Å². The number of guanidine groups is 1. The van der Waals surface area contributed by atoms with E-state index in [9.17, 15) is 0 Å². The predicted octanol–water partition coefficient (Wildman–Crippen LogP) is 4.45. The molecule has 1 N–H and O–H groups in total. The van der Waals surface area contributed by atoms with Crippen molar-refractivity contribution in [3.05, 3.63) is 71.3 Å². The first kappa shape index (κ1) is 22.1. The second-order valence-electron chi connectivity index (χ2n) is 7.90. The first-order valence-electron chi connectivity index (χ1n) is 10.6. The van der Waals surface area contributed by atoms with Crippen LogP contribution < -0.4 is 5.32 Å². The van der Waals surface area contributed by atoms with Crippen molar-refractivity contribution in [3.63, 3.8) is 0 Å². The second kappa shape index (κ2) is 11.0. The standard InChI is InChI=1S/C24H31N3O.HI/c1-2-25-24(26-15-22-14-21-10-6-7-11-23(21)22)27-13-12-20(16-27)18-28-17-19-8-4-3-5-9-19;/h3-11,20,22H,2,12-18H2,1H3,(H,25,26);1H. The highest BCUT2D eigenvalue weighted by Crippen LogP contribution is 2.34. The van der Waals surface area contributed by atoms with Crippen LogP contribution in [0.5, 0.6) is 0 Å². The zero-order valence-electron chi connectivity index (χ0n) is 17.2. The van der Waals surface area contributed by atoms with Crippen molar-refractivity contribution in [3.8, 4) is 0 Å². The number of ether oxygens (including phenoxy) is 1. The number of aliphatic imine (C=N–C) groups is 1. The molecule has 0 saturated carbocycles. The molecule has 0 aromatic heterocycles. The molecule has 2 aromatic rings. The molecular weight excluding hydrogens is 473 g/mol. The van der Waals surface area contributed by atoms with Crippen LogP contribution in [0.25, 0.3) is 0 Å². The Hall–Kier alpha value is -1.60. The van der Waals surface area contributed by atoms with Crippen LogP contribution in [0.3, 0.4) is 0 Å². The molecule has 156 valence electrons. The topological polar surface area (TPSA) is 36.9 Å². The van der Waals surface area contributed by atoms with E-state index in [-0.39, 0.29) is 24.0 Å². The first-order valence-corrected chi connectivity index (χ1v) is 10.6. The summed E-state index contributed by atoms with van der Waals surface area (Å²) >= 11 is 0. The third kappa shape index (κ3) is 5.72. The predicted molar refractivity (Wildman–Crippen MR) is 130 cm³/mol. The van der Waals surface area contributed by atoms with Gasteiger partial charge < -0.3 is 15.0 Å². The molecule has 4 rings (SSSR count). The van der Waals surface area contributed by atoms with Gasteiger partial charge in [0.15, 0.2) is 5.96 Å². The summed E-state index contributed by atoms with van der Waals surface area (Å²) in [7, 11) is 0. The molecular formula is C24H32IN3O. The summed E-state index contributed by atoms with van der Waals surface area (Å²) in [6.45, 7) is 7.54. The molecule has 2 aromatic carbocycles. The van der Waals surface area contributed by atoms with Crippen molar-refractivity contribution in [2.75, 3.05) is 32.8 Å². The van der Waals surface area contributed by atoms with Gasteiger partial charge in [-0.1, -0.05) is 54.6 Å². The summed E-state index contributed by atoms with van der Waals surface area (Å²) in [5.74, 6) is 2.23. The van der Waals surface area contributed by atoms with Crippen LogP contribution in [0.2, 0.25) is 0 Å². The van der Waals surface area contributed by atoms with Crippen molar-refractivity contribution in [2.45, 2.75) is 32.3 Å². The van der Waals surface area contributed by atoms with E-state index < -0.39 is 0 Å². The van der Waals surface area contributed by atoms with Gasteiger partial charge in [-0.15, -0.1) is 24.0 Å². The minimum atomic E-state index is 0. The molecule has 29 heavy (non-hydrogen) atoms. The van der Waals surface area contributed by atoms with Gasteiger partial charge in [-0.2, -0.15) is 0 Å². The molecule has 0 amide bonds. The normalized spacial score (nSPS) is 20.6. The Morgan fingerprint density at radius 1 is 1.14 bits per heavy atom. The van der Waals surface area contributed by atoms with Crippen LogP contribution in [0.15, 0.2) is 59.6 Å². The molecule has 2 atom stereocenters. The summed E-state index contributed by atoms with van der Waals surface area (Å²) in [4.78, 5) is 7.38. The van der Waals surface area contributed by atoms with Crippen LogP contribution in [0.1, 0.15) is 36.0 Å². The van der Waals surface area contributed by atoms with Crippen LogP contribution in [0.4, 0.5) is 0 Å². The third-order valence-electron chi connectivity index (χ3n) is 5.81. The van der Waals surface area contributed by atoms with E-state index in [1.807, 2.05) is 6.07 Å². The number of hydrogen-bond acceptors (Lipinski definition) is 2. The fraction of sp³-hybridized carbons (Fsp3) is 0.458.